The molecule has 0 radical (unpaired) electrons. The molecule has 6 nitrogen and oxygen atoms in total. The summed E-state index contributed by atoms with van der Waals surface area (Å²) in [5.74, 6) is -0.218. The Labute approximate surface area is 198 Å². The predicted octanol–water partition coefficient (Wildman–Crippen LogP) is 7.08. The third kappa shape index (κ3) is 5.15. The topological polar surface area (TPSA) is 86.4 Å². The summed E-state index contributed by atoms with van der Waals surface area (Å²) in [4.78, 5) is 17.5. The standard InChI is InChI=1S/C24H19BrN4O2S/c1-14-10-19(11-15(2)22(14)25)26-24-27-23(31)21(32-24)13-16-12-18(8-9-20(16)30)29-28-17-6-4-3-5-7-17/h3-13,30H,1-2H3,(H,26,27,31)/b21-13-,29-28?. The average Bonchev–Trinajstić information content (AvgIpc) is 3.11. The molecule has 0 aliphatic carbocycles. The summed E-state index contributed by atoms with van der Waals surface area (Å²) in [5, 5.41) is 21.9. The van der Waals surface area contributed by atoms with Crippen molar-refractivity contribution in [2.75, 3.05) is 0 Å². The lowest BCUT2D eigenvalue weighted by atomic mass is 10.1. The maximum Gasteiger partial charge on any atom is 0.264 e. The van der Waals surface area contributed by atoms with E-state index in [9.17, 15) is 9.90 Å². The summed E-state index contributed by atoms with van der Waals surface area (Å²) in [6.07, 6.45) is 1.62. The minimum Gasteiger partial charge on any atom is -0.507 e. The van der Waals surface area contributed by atoms with Crippen molar-refractivity contribution in [2.24, 2.45) is 15.2 Å². The minimum absolute atomic E-state index is 0.0501. The van der Waals surface area contributed by atoms with Gasteiger partial charge in [-0.3, -0.25) is 4.79 Å². The van der Waals surface area contributed by atoms with Gasteiger partial charge >= 0.3 is 0 Å². The number of benzene rings is 3. The van der Waals surface area contributed by atoms with E-state index >= 15 is 0 Å². The first-order valence-corrected chi connectivity index (χ1v) is 11.4. The van der Waals surface area contributed by atoms with Gasteiger partial charge in [0.15, 0.2) is 5.17 Å². The van der Waals surface area contributed by atoms with Gasteiger partial charge in [0.05, 0.1) is 22.0 Å². The molecule has 1 aliphatic heterocycles. The molecule has 1 amide bonds. The fourth-order valence-electron chi connectivity index (χ4n) is 3.06. The summed E-state index contributed by atoms with van der Waals surface area (Å²) in [6.45, 7) is 3.99. The highest BCUT2D eigenvalue weighted by Gasteiger charge is 2.24. The number of aliphatic imine (C=N–C) groups is 1. The molecule has 0 unspecified atom stereocenters. The number of halogens is 1. The average molecular weight is 507 g/mol. The number of aryl methyl sites for hydroxylation is 2. The predicted molar refractivity (Wildman–Crippen MR) is 133 cm³/mol. The summed E-state index contributed by atoms with van der Waals surface area (Å²) in [5.41, 5.74) is 4.67. The largest absolute Gasteiger partial charge is 0.507 e. The molecule has 2 N–H and O–H groups in total. The Morgan fingerprint density at radius 1 is 0.938 bits per heavy atom. The van der Waals surface area contributed by atoms with E-state index in [1.807, 2.05) is 56.3 Å². The molecule has 1 saturated heterocycles. The van der Waals surface area contributed by atoms with Crippen LogP contribution >= 0.6 is 27.7 Å². The molecule has 0 bridgehead atoms. The van der Waals surface area contributed by atoms with Crippen LogP contribution in [0.3, 0.4) is 0 Å². The highest BCUT2D eigenvalue weighted by molar-refractivity contribution is 9.10. The smallest absolute Gasteiger partial charge is 0.264 e. The Balaban J connectivity index is 1.57. The zero-order valence-corrected chi connectivity index (χ0v) is 19.7. The van der Waals surface area contributed by atoms with Crippen molar-refractivity contribution in [3.05, 3.63) is 86.7 Å². The van der Waals surface area contributed by atoms with E-state index in [1.54, 1.807) is 18.2 Å². The fourth-order valence-corrected chi connectivity index (χ4v) is 4.12. The maximum atomic E-state index is 12.5. The number of amidine groups is 1. The van der Waals surface area contributed by atoms with Gasteiger partial charge < -0.3 is 10.4 Å². The zero-order chi connectivity index (χ0) is 22.7. The van der Waals surface area contributed by atoms with Gasteiger partial charge in [0.1, 0.15) is 5.75 Å². The number of carbonyl (C=O) groups is 1. The van der Waals surface area contributed by atoms with E-state index in [2.05, 4.69) is 36.5 Å². The van der Waals surface area contributed by atoms with Crippen molar-refractivity contribution >= 4 is 61.9 Å². The van der Waals surface area contributed by atoms with Gasteiger partial charge in [-0.2, -0.15) is 10.2 Å². The van der Waals surface area contributed by atoms with Crippen LogP contribution in [0.4, 0.5) is 17.1 Å². The molecule has 1 heterocycles. The Hall–Kier alpha value is -3.23. The van der Waals surface area contributed by atoms with Crippen molar-refractivity contribution in [3.8, 4) is 5.75 Å². The van der Waals surface area contributed by atoms with E-state index in [0.717, 1.165) is 27.0 Å². The molecule has 3 aromatic rings. The van der Waals surface area contributed by atoms with E-state index < -0.39 is 0 Å². The summed E-state index contributed by atoms with van der Waals surface area (Å²) < 4.78 is 1.05. The molecule has 1 aliphatic rings. The van der Waals surface area contributed by atoms with Crippen LogP contribution in [0.25, 0.3) is 6.08 Å². The second-order valence-corrected chi connectivity index (χ2v) is 8.98. The number of nitrogens with zero attached hydrogens (tertiary/aromatic N) is 3. The van der Waals surface area contributed by atoms with E-state index in [4.69, 9.17) is 0 Å². The lowest BCUT2D eigenvalue weighted by molar-refractivity contribution is -0.115. The number of hydrogen-bond acceptors (Lipinski definition) is 6. The number of aromatic hydroxyl groups is 1. The normalized spacial score (nSPS) is 16.3. The zero-order valence-electron chi connectivity index (χ0n) is 17.3. The first-order chi connectivity index (χ1) is 15.4. The number of hydrogen-bond donors (Lipinski definition) is 2. The van der Waals surface area contributed by atoms with Crippen molar-refractivity contribution in [1.82, 2.24) is 5.32 Å². The van der Waals surface area contributed by atoms with Gasteiger partial charge in [0, 0.05) is 10.0 Å². The van der Waals surface area contributed by atoms with Crippen LogP contribution in [-0.2, 0) is 4.79 Å². The van der Waals surface area contributed by atoms with Crippen LogP contribution in [0.2, 0.25) is 0 Å². The Morgan fingerprint density at radius 3 is 2.34 bits per heavy atom. The second-order valence-electron chi connectivity index (χ2n) is 7.15. The Morgan fingerprint density at radius 2 is 1.62 bits per heavy atom. The van der Waals surface area contributed by atoms with Crippen LogP contribution < -0.4 is 5.32 Å². The first-order valence-electron chi connectivity index (χ1n) is 9.75. The van der Waals surface area contributed by atoms with Gasteiger partial charge in [0.2, 0.25) is 0 Å². The molecule has 0 atom stereocenters. The van der Waals surface area contributed by atoms with Crippen LogP contribution in [0.15, 0.2) is 85.3 Å². The second kappa shape index (κ2) is 9.50. The molecule has 160 valence electrons. The van der Waals surface area contributed by atoms with Crippen LogP contribution in [-0.4, -0.2) is 16.2 Å². The molecule has 4 rings (SSSR count). The molecular formula is C24H19BrN4O2S. The molecule has 1 fully saturated rings. The van der Waals surface area contributed by atoms with Gasteiger partial charge in [-0.1, -0.05) is 34.1 Å². The number of nitrogens with one attached hydrogen (secondary N) is 1. The summed E-state index contributed by atoms with van der Waals surface area (Å²) in [6, 6.07) is 18.1. The van der Waals surface area contributed by atoms with Crippen LogP contribution in [0.1, 0.15) is 16.7 Å². The quantitative estimate of drug-likeness (QED) is 0.292. The van der Waals surface area contributed by atoms with Crippen molar-refractivity contribution < 1.29 is 9.90 Å². The van der Waals surface area contributed by atoms with Gasteiger partial charge in [0.25, 0.3) is 5.91 Å². The van der Waals surface area contributed by atoms with Crippen LogP contribution in [0.5, 0.6) is 5.75 Å². The maximum absolute atomic E-state index is 12.5. The van der Waals surface area contributed by atoms with E-state index in [0.29, 0.717) is 21.3 Å². The Bertz CT molecular complexity index is 1260. The molecule has 32 heavy (non-hydrogen) atoms. The number of azo groups is 1. The van der Waals surface area contributed by atoms with Gasteiger partial charge in [-0.15, -0.1) is 0 Å². The highest BCUT2D eigenvalue weighted by atomic mass is 79.9. The fraction of sp³-hybridized carbons (Fsp3) is 0.0833. The summed E-state index contributed by atoms with van der Waals surface area (Å²) >= 11 is 4.77. The van der Waals surface area contributed by atoms with Gasteiger partial charge in [-0.05, 0) is 85.3 Å². The monoisotopic (exact) mass is 506 g/mol. The number of phenols is 1. The SMILES string of the molecule is Cc1cc(N=C2NC(=O)/C(=C/c3cc(N=Nc4ccccc4)ccc3O)S2)cc(C)c1Br. The number of amides is 1. The van der Waals surface area contributed by atoms with Crippen molar-refractivity contribution in [1.29, 1.82) is 0 Å². The number of phenolic OH excluding ortho intramolecular Hbond substituents is 1. The number of carbonyl (C=O) groups excluding carboxylic acids is 1. The molecule has 3 aromatic carbocycles. The Kier molecular flexibility index (Phi) is 6.53. The van der Waals surface area contributed by atoms with Crippen molar-refractivity contribution in [3.63, 3.8) is 0 Å². The molecule has 0 spiro atoms. The lowest BCUT2D eigenvalue weighted by Gasteiger charge is -2.05. The van der Waals surface area contributed by atoms with E-state index in [1.165, 1.54) is 17.8 Å². The van der Waals surface area contributed by atoms with Crippen molar-refractivity contribution in [2.45, 2.75) is 13.8 Å². The molecular weight excluding hydrogens is 488 g/mol. The van der Waals surface area contributed by atoms with Crippen LogP contribution in [0, 0.1) is 13.8 Å². The number of thioether (sulfide) groups is 1. The third-order valence-corrected chi connectivity index (χ3v) is 6.80. The first kappa shape index (κ1) is 22.0. The molecule has 8 heteroatoms. The number of rotatable bonds is 4. The van der Waals surface area contributed by atoms with Gasteiger partial charge in [-0.25, -0.2) is 4.99 Å². The third-order valence-electron chi connectivity index (χ3n) is 4.64. The summed E-state index contributed by atoms with van der Waals surface area (Å²) in [7, 11) is 0. The minimum atomic E-state index is -0.268. The molecule has 0 aromatic heterocycles. The lowest BCUT2D eigenvalue weighted by Crippen LogP contribution is -2.19. The highest BCUT2D eigenvalue weighted by Crippen LogP contribution is 2.33. The van der Waals surface area contributed by atoms with E-state index in [-0.39, 0.29) is 11.7 Å². The molecule has 0 saturated carbocycles.